The van der Waals surface area contributed by atoms with Crippen LogP contribution in [0.2, 0.25) is 0 Å². The topological polar surface area (TPSA) is 141 Å². The van der Waals surface area contributed by atoms with Crippen molar-refractivity contribution in [1.29, 1.82) is 0 Å². The molecule has 8 nitrogen and oxygen atoms in total. The highest BCUT2D eigenvalue weighted by molar-refractivity contribution is 7.81. The Balaban J connectivity index is -0.000000112. The summed E-state index contributed by atoms with van der Waals surface area (Å²) in [5, 5.41) is 30.5. The van der Waals surface area contributed by atoms with E-state index in [0.717, 1.165) is 12.8 Å². The van der Waals surface area contributed by atoms with Crippen molar-refractivity contribution in [2.75, 3.05) is 31.3 Å². The maximum Gasteiger partial charge on any atom is 0.313 e. The van der Waals surface area contributed by atoms with E-state index in [1.807, 2.05) is 0 Å². The van der Waals surface area contributed by atoms with Crippen molar-refractivity contribution in [2.24, 2.45) is 0 Å². The van der Waals surface area contributed by atoms with Gasteiger partial charge in [-0.05, 0) is 6.42 Å². The van der Waals surface area contributed by atoms with Crippen molar-refractivity contribution in [3.05, 3.63) is 0 Å². The molecule has 0 aliphatic rings. The van der Waals surface area contributed by atoms with E-state index in [-0.39, 0.29) is 30.7 Å². The number of thiol groups is 2. The number of ether oxygens (including phenoxy) is 1. The van der Waals surface area contributed by atoms with E-state index < -0.39 is 11.9 Å². The molecule has 0 unspecified atom stereocenters. The van der Waals surface area contributed by atoms with E-state index >= 15 is 0 Å². The number of rotatable bonds is 7. The molecule has 23 heavy (non-hydrogen) atoms. The van der Waals surface area contributed by atoms with E-state index in [1.165, 1.54) is 13.3 Å². The average Bonchev–Trinajstić information content (AvgIpc) is 2.52. The summed E-state index contributed by atoms with van der Waals surface area (Å²) in [7, 11) is 0. The van der Waals surface area contributed by atoms with Crippen LogP contribution in [-0.4, -0.2) is 69.7 Å². The zero-order valence-electron chi connectivity index (χ0n) is 13.5. The van der Waals surface area contributed by atoms with Gasteiger partial charge < -0.3 is 25.2 Å². The van der Waals surface area contributed by atoms with Crippen LogP contribution in [0.5, 0.6) is 0 Å². The lowest BCUT2D eigenvalue weighted by Crippen LogP contribution is -1.99. The summed E-state index contributed by atoms with van der Waals surface area (Å²) >= 11 is 6.83. The van der Waals surface area contributed by atoms with Gasteiger partial charge in [0.25, 0.3) is 0 Å². The van der Waals surface area contributed by atoms with E-state index in [1.54, 1.807) is 0 Å². The molecule has 0 amide bonds. The molecule has 0 aliphatic heterocycles. The fourth-order valence-electron chi connectivity index (χ4n) is 0.568. The fraction of sp³-hybridized carbons (Fsp3) is 0.769. The fourth-order valence-corrected chi connectivity index (χ4v) is 0.568. The van der Waals surface area contributed by atoms with Crippen molar-refractivity contribution in [2.45, 2.75) is 33.1 Å². The Labute approximate surface area is 147 Å². The standard InChI is InChI=1S/C7H14O2.2C2H4O2S.C2H6O2/c1-3-4-5-6-9-7(2)8;2*3-2(4)1-5;3-1-2-4/h3-6H2,1-2H3;2*5H,1H2,(H,3,4);3-4H,1-2H2. The van der Waals surface area contributed by atoms with Crippen LogP contribution in [0.3, 0.4) is 0 Å². The SMILES string of the molecule is CCCCCOC(C)=O.O=C(O)CS.O=C(O)CS.OCCO. The van der Waals surface area contributed by atoms with Crippen LogP contribution in [-0.2, 0) is 19.1 Å². The molecule has 0 atom stereocenters. The molecule has 0 spiro atoms. The summed E-state index contributed by atoms with van der Waals surface area (Å²) in [6, 6.07) is 0. The maximum absolute atomic E-state index is 10.2. The lowest BCUT2D eigenvalue weighted by molar-refractivity contribution is -0.141. The number of aliphatic hydroxyl groups is 2. The number of carbonyl (C=O) groups excluding carboxylic acids is 1. The summed E-state index contributed by atoms with van der Waals surface area (Å²) in [5.41, 5.74) is 0. The van der Waals surface area contributed by atoms with Gasteiger partial charge in [-0.3, -0.25) is 14.4 Å². The Hall–Kier alpha value is -0.970. The Morgan fingerprint density at radius 3 is 1.43 bits per heavy atom. The second kappa shape index (κ2) is 29.1. The van der Waals surface area contributed by atoms with Crippen LogP contribution < -0.4 is 0 Å². The minimum Gasteiger partial charge on any atom is -0.481 e. The first-order chi connectivity index (χ1) is 10.7. The Bertz CT molecular complexity index is 259. The molecule has 0 saturated heterocycles. The molecule has 0 aliphatic carbocycles. The molecule has 0 aromatic carbocycles. The monoisotopic (exact) mass is 376 g/mol. The van der Waals surface area contributed by atoms with Crippen LogP contribution in [0.1, 0.15) is 33.1 Å². The number of carboxylic acids is 2. The number of carboxylic acid groups (broad SMARTS) is 2. The molecule has 140 valence electrons. The molecule has 0 heterocycles. The highest BCUT2D eigenvalue weighted by Crippen LogP contribution is 1.93. The van der Waals surface area contributed by atoms with Gasteiger partial charge in [0, 0.05) is 6.92 Å². The first-order valence-corrected chi connectivity index (χ1v) is 8.00. The molecule has 4 N–H and O–H groups in total. The molecule has 0 rings (SSSR count). The Morgan fingerprint density at radius 2 is 1.26 bits per heavy atom. The molecule has 0 bridgehead atoms. The third-order valence-electron chi connectivity index (χ3n) is 1.42. The van der Waals surface area contributed by atoms with Crippen molar-refractivity contribution < 1.29 is 39.5 Å². The van der Waals surface area contributed by atoms with Crippen LogP contribution in [0, 0.1) is 0 Å². The number of aliphatic carboxylic acids is 2. The molecular formula is C13H28O8S2. The van der Waals surface area contributed by atoms with E-state index in [4.69, 9.17) is 25.2 Å². The second-order valence-corrected chi connectivity index (χ2v) is 4.23. The average molecular weight is 376 g/mol. The minimum absolute atomic E-state index is 0.0833. The third kappa shape index (κ3) is 75.7. The smallest absolute Gasteiger partial charge is 0.313 e. The van der Waals surface area contributed by atoms with Crippen LogP contribution in [0.25, 0.3) is 0 Å². The van der Waals surface area contributed by atoms with Crippen molar-refractivity contribution in [3.8, 4) is 0 Å². The summed E-state index contributed by atoms with van der Waals surface area (Å²) in [4.78, 5) is 28.8. The van der Waals surface area contributed by atoms with Crippen LogP contribution >= 0.6 is 25.3 Å². The number of esters is 1. The zero-order chi connectivity index (χ0) is 19.1. The first kappa shape index (κ1) is 30.0. The lowest BCUT2D eigenvalue weighted by Gasteiger charge is -1.98. The summed E-state index contributed by atoms with van der Waals surface area (Å²) in [6.45, 7) is 3.89. The van der Waals surface area contributed by atoms with Gasteiger partial charge in [-0.2, -0.15) is 25.3 Å². The van der Waals surface area contributed by atoms with Crippen molar-refractivity contribution >= 4 is 43.2 Å². The van der Waals surface area contributed by atoms with Gasteiger partial charge in [0.2, 0.25) is 0 Å². The lowest BCUT2D eigenvalue weighted by atomic mass is 10.3. The second-order valence-electron chi connectivity index (χ2n) is 3.60. The van der Waals surface area contributed by atoms with Gasteiger partial charge in [-0.25, -0.2) is 0 Å². The predicted molar refractivity (Wildman–Crippen MR) is 93.3 cm³/mol. The number of hydrogen-bond donors (Lipinski definition) is 6. The van der Waals surface area contributed by atoms with E-state index in [0.29, 0.717) is 6.61 Å². The molecule has 10 heteroatoms. The van der Waals surface area contributed by atoms with Gasteiger partial charge in [-0.1, -0.05) is 19.8 Å². The van der Waals surface area contributed by atoms with Gasteiger partial charge in [-0.15, -0.1) is 0 Å². The number of hydrogen-bond acceptors (Lipinski definition) is 8. The predicted octanol–water partition coefficient (Wildman–Crippen LogP) is 0.712. The van der Waals surface area contributed by atoms with Crippen molar-refractivity contribution in [3.63, 3.8) is 0 Å². The minimum atomic E-state index is -0.881. The van der Waals surface area contributed by atoms with Gasteiger partial charge in [0.15, 0.2) is 0 Å². The molecular weight excluding hydrogens is 348 g/mol. The largest absolute Gasteiger partial charge is 0.481 e. The summed E-state index contributed by atoms with van der Waals surface area (Å²) in [6.07, 6.45) is 3.31. The molecule has 0 radical (unpaired) electrons. The Kier molecular flexibility index (Phi) is 37.9. The van der Waals surface area contributed by atoms with Gasteiger partial charge >= 0.3 is 17.9 Å². The normalized spacial score (nSPS) is 8.09. The molecule has 0 aromatic rings. The molecule has 0 fully saturated rings. The zero-order valence-corrected chi connectivity index (χ0v) is 15.3. The molecule has 0 aromatic heterocycles. The first-order valence-electron chi connectivity index (χ1n) is 6.73. The molecule has 0 saturated carbocycles. The highest BCUT2D eigenvalue weighted by Gasteiger charge is 1.89. The quantitative estimate of drug-likeness (QED) is 0.217. The maximum atomic E-state index is 10.2. The summed E-state index contributed by atoms with van der Waals surface area (Å²) in [5.74, 6) is -2.10. The number of unbranched alkanes of at least 4 members (excludes halogenated alkanes) is 2. The van der Waals surface area contributed by atoms with Crippen LogP contribution in [0.4, 0.5) is 0 Å². The van der Waals surface area contributed by atoms with Crippen molar-refractivity contribution in [1.82, 2.24) is 0 Å². The van der Waals surface area contributed by atoms with E-state index in [9.17, 15) is 14.4 Å². The summed E-state index contributed by atoms with van der Waals surface area (Å²) < 4.78 is 4.70. The van der Waals surface area contributed by atoms with Gasteiger partial charge in [0.1, 0.15) is 0 Å². The third-order valence-corrected chi connectivity index (χ3v) is 1.96. The van der Waals surface area contributed by atoms with Crippen LogP contribution in [0.15, 0.2) is 0 Å². The van der Waals surface area contributed by atoms with Gasteiger partial charge in [0.05, 0.1) is 31.3 Å². The number of aliphatic hydroxyl groups excluding tert-OH is 2. The highest BCUT2D eigenvalue weighted by atomic mass is 32.1. The van der Waals surface area contributed by atoms with E-state index in [2.05, 4.69) is 32.2 Å². The Morgan fingerprint density at radius 1 is 0.913 bits per heavy atom. The number of carbonyl (C=O) groups is 3.